The quantitative estimate of drug-likeness (QED) is 0.786. The van der Waals surface area contributed by atoms with Gasteiger partial charge in [0.2, 0.25) is 5.91 Å². The first-order chi connectivity index (χ1) is 10.6. The van der Waals surface area contributed by atoms with E-state index in [0.717, 1.165) is 6.42 Å². The number of ether oxygens (including phenoxy) is 1. The molecule has 2 heterocycles. The summed E-state index contributed by atoms with van der Waals surface area (Å²) < 4.78 is 5.39. The monoisotopic (exact) mass is 342 g/mol. The van der Waals surface area contributed by atoms with E-state index in [9.17, 15) is 14.4 Å². The molecule has 1 unspecified atom stereocenters. The number of hydrogen-bond acceptors (Lipinski definition) is 5. The molecule has 0 aliphatic carbocycles. The normalized spacial score (nSPS) is 25.1. The number of nitrogens with zero attached hydrogens (tertiary/aromatic N) is 2. The predicted octanol–water partition coefficient (Wildman–Crippen LogP) is 2.12. The average molecular weight is 342 g/mol. The van der Waals surface area contributed by atoms with Crippen molar-refractivity contribution in [2.45, 2.75) is 51.4 Å². The minimum atomic E-state index is -0.489. The molecule has 2 atom stereocenters. The van der Waals surface area contributed by atoms with Crippen LogP contribution in [0.5, 0.6) is 0 Å². The maximum atomic E-state index is 12.1. The number of carbonyl (C=O) groups excluding carboxylic acids is 3. The molecule has 2 saturated heterocycles. The molecule has 2 amide bonds. The highest BCUT2D eigenvalue weighted by atomic mass is 32.2. The fraction of sp³-hybridized carbons (Fsp3) is 0.812. The van der Waals surface area contributed by atoms with Crippen LogP contribution in [0.2, 0.25) is 0 Å². The Kier molecular flexibility index (Phi) is 5.60. The second-order valence-electron chi connectivity index (χ2n) is 7.32. The van der Waals surface area contributed by atoms with Crippen LogP contribution in [-0.2, 0) is 14.3 Å². The lowest BCUT2D eigenvalue weighted by atomic mass is 10.1. The summed E-state index contributed by atoms with van der Waals surface area (Å²) in [6.07, 6.45) is 1.04. The van der Waals surface area contributed by atoms with Gasteiger partial charge in [-0.05, 0) is 33.1 Å². The second-order valence-corrected chi connectivity index (χ2v) is 8.79. The van der Waals surface area contributed by atoms with E-state index in [1.807, 2.05) is 25.7 Å². The molecule has 6 nitrogen and oxygen atoms in total. The molecule has 23 heavy (non-hydrogen) atoms. The van der Waals surface area contributed by atoms with Crippen molar-refractivity contribution in [1.82, 2.24) is 9.80 Å². The van der Waals surface area contributed by atoms with Gasteiger partial charge in [0.25, 0.3) is 0 Å². The zero-order valence-corrected chi connectivity index (χ0v) is 15.1. The lowest BCUT2D eigenvalue weighted by Crippen LogP contribution is -2.37. The smallest absolute Gasteiger partial charge is 0.410 e. The zero-order chi connectivity index (χ0) is 17.2. The summed E-state index contributed by atoms with van der Waals surface area (Å²) in [6.45, 7) is 9.69. The summed E-state index contributed by atoms with van der Waals surface area (Å²) in [5.41, 5.74) is -0.489. The Morgan fingerprint density at radius 1 is 1.30 bits per heavy atom. The van der Waals surface area contributed by atoms with Crippen molar-refractivity contribution in [2.75, 3.05) is 26.2 Å². The number of thioether (sulfide) groups is 1. The van der Waals surface area contributed by atoms with Gasteiger partial charge in [0.05, 0.1) is 0 Å². The third kappa shape index (κ3) is 5.41. The Morgan fingerprint density at radius 3 is 2.61 bits per heavy atom. The first-order valence-corrected chi connectivity index (χ1v) is 8.95. The third-order valence-electron chi connectivity index (χ3n) is 3.93. The summed E-state index contributed by atoms with van der Waals surface area (Å²) in [7, 11) is 0. The highest BCUT2D eigenvalue weighted by Crippen LogP contribution is 2.27. The fourth-order valence-electron chi connectivity index (χ4n) is 3.01. The van der Waals surface area contributed by atoms with Gasteiger partial charge in [0.1, 0.15) is 5.60 Å². The van der Waals surface area contributed by atoms with Crippen LogP contribution in [0.1, 0.15) is 40.5 Å². The van der Waals surface area contributed by atoms with E-state index in [0.29, 0.717) is 32.6 Å². The van der Waals surface area contributed by atoms with Gasteiger partial charge in [-0.25, -0.2) is 4.79 Å². The maximum Gasteiger partial charge on any atom is 0.410 e. The van der Waals surface area contributed by atoms with E-state index in [1.54, 1.807) is 4.90 Å². The first-order valence-electron chi connectivity index (χ1n) is 8.07. The summed E-state index contributed by atoms with van der Waals surface area (Å²) >= 11 is 1.25. The third-order valence-corrected chi connectivity index (χ3v) is 4.91. The Morgan fingerprint density at radius 2 is 2.00 bits per heavy atom. The second kappa shape index (κ2) is 7.11. The van der Waals surface area contributed by atoms with Crippen LogP contribution >= 0.6 is 11.8 Å². The molecule has 0 aromatic heterocycles. The van der Waals surface area contributed by atoms with Crippen molar-refractivity contribution in [2.24, 2.45) is 5.92 Å². The summed E-state index contributed by atoms with van der Waals surface area (Å²) in [6, 6.07) is 0. The Labute approximate surface area is 141 Å². The molecule has 2 aliphatic rings. The van der Waals surface area contributed by atoms with Gasteiger partial charge in [-0.2, -0.15) is 0 Å². The highest BCUT2D eigenvalue weighted by molar-refractivity contribution is 8.14. The molecule has 0 aromatic carbocycles. The summed E-state index contributed by atoms with van der Waals surface area (Å²) in [5.74, 6) is 0.395. The molecule has 0 saturated carbocycles. The van der Waals surface area contributed by atoms with Crippen molar-refractivity contribution in [1.29, 1.82) is 0 Å². The molecule has 0 spiro atoms. The van der Waals surface area contributed by atoms with Crippen molar-refractivity contribution < 1.29 is 19.1 Å². The highest BCUT2D eigenvalue weighted by Gasteiger charge is 2.35. The molecule has 2 aliphatic heterocycles. The minimum absolute atomic E-state index is 0.0571. The molecule has 2 fully saturated rings. The van der Waals surface area contributed by atoms with Crippen LogP contribution in [0.3, 0.4) is 0 Å². The van der Waals surface area contributed by atoms with Gasteiger partial charge >= 0.3 is 6.09 Å². The van der Waals surface area contributed by atoms with Crippen molar-refractivity contribution in [3.63, 3.8) is 0 Å². The minimum Gasteiger partial charge on any atom is -0.444 e. The fourth-order valence-corrected chi connectivity index (χ4v) is 3.96. The van der Waals surface area contributed by atoms with Crippen LogP contribution in [0, 0.1) is 5.92 Å². The maximum absolute atomic E-state index is 12.1. The van der Waals surface area contributed by atoms with Gasteiger partial charge in [-0.15, -0.1) is 0 Å². The van der Waals surface area contributed by atoms with E-state index >= 15 is 0 Å². The molecule has 0 radical (unpaired) electrons. The standard InChI is InChI=1S/C16H26N2O4S/c1-11(19)23-13-7-14(20)18(10-13)9-12-5-6-17(8-12)15(21)22-16(2,3)4/h12-13H,5-10H2,1-4H3/t12-,13?/m0/s1. The number of likely N-dealkylation sites (tertiary alicyclic amines) is 2. The van der Waals surface area contributed by atoms with Crippen LogP contribution in [0.4, 0.5) is 4.79 Å². The van der Waals surface area contributed by atoms with Gasteiger partial charge in [0.15, 0.2) is 5.12 Å². The molecule has 0 aromatic rings. The van der Waals surface area contributed by atoms with E-state index in [1.165, 1.54) is 18.7 Å². The van der Waals surface area contributed by atoms with Crippen molar-refractivity contribution in [3.8, 4) is 0 Å². The zero-order valence-electron chi connectivity index (χ0n) is 14.3. The van der Waals surface area contributed by atoms with Crippen LogP contribution in [0.15, 0.2) is 0 Å². The molecule has 0 N–H and O–H groups in total. The Hall–Kier alpha value is -1.24. The van der Waals surface area contributed by atoms with Gasteiger partial charge in [-0.1, -0.05) is 11.8 Å². The summed E-state index contributed by atoms with van der Waals surface area (Å²) in [5, 5.41) is 0.130. The average Bonchev–Trinajstić information content (AvgIpc) is 2.95. The molecule has 7 heteroatoms. The molecule has 2 rings (SSSR count). The first kappa shape index (κ1) is 18.1. The number of carbonyl (C=O) groups is 3. The van der Waals surface area contributed by atoms with Crippen molar-refractivity contribution in [3.05, 3.63) is 0 Å². The van der Waals surface area contributed by atoms with Crippen LogP contribution in [-0.4, -0.2) is 63.9 Å². The molecule has 130 valence electrons. The topological polar surface area (TPSA) is 66.9 Å². The predicted molar refractivity (Wildman–Crippen MR) is 89.2 cm³/mol. The molecule has 0 bridgehead atoms. The Bertz CT molecular complexity index is 489. The SMILES string of the molecule is CC(=O)SC1CC(=O)N(C[C@H]2CCN(C(=O)OC(C)(C)C)C2)C1. The van der Waals surface area contributed by atoms with Crippen molar-refractivity contribution >= 4 is 28.9 Å². The van der Waals surface area contributed by atoms with Crippen LogP contribution in [0.25, 0.3) is 0 Å². The Balaban J connectivity index is 1.80. The summed E-state index contributed by atoms with van der Waals surface area (Å²) in [4.78, 5) is 38.8. The molecular weight excluding hydrogens is 316 g/mol. The van der Waals surface area contributed by atoms with E-state index in [-0.39, 0.29) is 28.3 Å². The van der Waals surface area contributed by atoms with Gasteiger partial charge < -0.3 is 14.5 Å². The van der Waals surface area contributed by atoms with Gasteiger partial charge in [0, 0.05) is 44.8 Å². The van der Waals surface area contributed by atoms with E-state index in [2.05, 4.69) is 0 Å². The van der Waals surface area contributed by atoms with Crippen LogP contribution < -0.4 is 0 Å². The lowest BCUT2D eigenvalue weighted by Gasteiger charge is -2.25. The largest absolute Gasteiger partial charge is 0.444 e. The number of rotatable bonds is 3. The van der Waals surface area contributed by atoms with Gasteiger partial charge in [-0.3, -0.25) is 9.59 Å². The number of amides is 2. The lowest BCUT2D eigenvalue weighted by molar-refractivity contribution is -0.128. The van der Waals surface area contributed by atoms with E-state index in [4.69, 9.17) is 4.74 Å². The number of hydrogen-bond donors (Lipinski definition) is 0. The molecular formula is C16H26N2O4S. The van der Waals surface area contributed by atoms with E-state index < -0.39 is 5.60 Å².